The minimum atomic E-state index is -3.62. The summed E-state index contributed by atoms with van der Waals surface area (Å²) in [4.78, 5) is 28.4. The van der Waals surface area contributed by atoms with E-state index >= 15 is 0 Å². The van der Waals surface area contributed by atoms with E-state index in [2.05, 4.69) is 10.2 Å². The van der Waals surface area contributed by atoms with Crippen molar-refractivity contribution < 1.29 is 18.0 Å². The molecule has 0 aliphatic carbocycles. The maximum atomic E-state index is 13.0. The molecule has 1 N–H and O–H groups in total. The van der Waals surface area contributed by atoms with Crippen molar-refractivity contribution in [2.24, 2.45) is 11.8 Å². The van der Waals surface area contributed by atoms with Gasteiger partial charge in [-0.25, -0.2) is 12.7 Å². The summed E-state index contributed by atoms with van der Waals surface area (Å²) in [7, 11) is -3.62. The first-order chi connectivity index (χ1) is 13.3. The lowest BCUT2D eigenvalue weighted by Gasteiger charge is -2.25. The zero-order valence-corrected chi connectivity index (χ0v) is 18.0. The van der Waals surface area contributed by atoms with Gasteiger partial charge >= 0.3 is 0 Å². The van der Waals surface area contributed by atoms with Gasteiger partial charge in [-0.1, -0.05) is 19.8 Å². The van der Waals surface area contributed by atoms with Crippen LogP contribution in [0.5, 0.6) is 0 Å². The topological polar surface area (TPSA) is 86.8 Å². The number of likely N-dealkylation sites (tertiary alicyclic amines) is 1. The smallest absolute Gasteiger partial charge is 0.241 e. The second-order valence-corrected chi connectivity index (χ2v) is 10.5. The Morgan fingerprint density at radius 2 is 1.89 bits per heavy atom. The normalized spacial score (nSPS) is 30.3. The van der Waals surface area contributed by atoms with Crippen LogP contribution in [0.3, 0.4) is 0 Å². The third-order valence-corrected chi connectivity index (χ3v) is 7.83. The van der Waals surface area contributed by atoms with E-state index in [1.165, 1.54) is 25.7 Å². The quantitative estimate of drug-likeness (QED) is 0.647. The first-order valence-corrected chi connectivity index (χ1v) is 12.7. The van der Waals surface area contributed by atoms with Gasteiger partial charge in [0, 0.05) is 18.4 Å². The fourth-order valence-corrected chi connectivity index (χ4v) is 6.52. The molecule has 0 spiro atoms. The Morgan fingerprint density at radius 1 is 1.21 bits per heavy atom. The van der Waals surface area contributed by atoms with E-state index in [0.29, 0.717) is 25.8 Å². The predicted octanol–water partition coefficient (Wildman–Crippen LogP) is 1.39. The molecule has 8 heteroatoms. The van der Waals surface area contributed by atoms with Gasteiger partial charge in [-0.05, 0) is 58.3 Å². The molecule has 3 fully saturated rings. The van der Waals surface area contributed by atoms with Crippen molar-refractivity contribution >= 4 is 21.7 Å². The highest BCUT2D eigenvalue weighted by Gasteiger charge is 2.56. The lowest BCUT2D eigenvalue weighted by Crippen LogP contribution is -2.41. The molecule has 0 bridgehead atoms. The number of hydrogen-bond donors (Lipinski definition) is 1. The van der Waals surface area contributed by atoms with E-state index in [-0.39, 0.29) is 17.9 Å². The number of sulfonamides is 1. The predicted molar refractivity (Wildman–Crippen MR) is 108 cm³/mol. The van der Waals surface area contributed by atoms with Gasteiger partial charge in [-0.15, -0.1) is 0 Å². The highest BCUT2D eigenvalue weighted by Crippen LogP contribution is 2.38. The number of ketones is 1. The summed E-state index contributed by atoms with van der Waals surface area (Å²) in [5.41, 5.74) is 0. The molecule has 3 aliphatic heterocycles. The molecule has 28 heavy (non-hydrogen) atoms. The molecule has 1 amide bonds. The number of nitrogens with zero attached hydrogens (tertiary/aromatic N) is 2. The van der Waals surface area contributed by atoms with E-state index < -0.39 is 27.8 Å². The number of carbonyl (C=O) groups excluding carboxylic acids is 2. The van der Waals surface area contributed by atoms with E-state index in [9.17, 15) is 18.0 Å². The molecular formula is C20H35N3O4S. The number of amides is 1. The number of carbonyl (C=O) groups is 2. The third kappa shape index (κ3) is 4.60. The molecule has 0 radical (unpaired) electrons. The van der Waals surface area contributed by atoms with Crippen LogP contribution in [-0.4, -0.2) is 73.8 Å². The van der Waals surface area contributed by atoms with Crippen LogP contribution in [0, 0.1) is 11.8 Å². The van der Waals surface area contributed by atoms with Crippen LogP contribution in [0.15, 0.2) is 0 Å². The van der Waals surface area contributed by atoms with Crippen LogP contribution in [0.25, 0.3) is 0 Å². The van der Waals surface area contributed by atoms with Crippen LogP contribution in [0.1, 0.15) is 58.3 Å². The van der Waals surface area contributed by atoms with Gasteiger partial charge in [0.2, 0.25) is 15.9 Å². The van der Waals surface area contributed by atoms with E-state index in [1.54, 1.807) is 0 Å². The summed E-state index contributed by atoms with van der Waals surface area (Å²) in [5.74, 6) is -1.24. The zero-order valence-electron chi connectivity index (χ0n) is 17.2. The Kier molecular flexibility index (Phi) is 7.15. The summed E-state index contributed by atoms with van der Waals surface area (Å²) >= 11 is 0. The van der Waals surface area contributed by atoms with Gasteiger partial charge in [0.15, 0.2) is 0 Å². The second kappa shape index (κ2) is 9.22. The van der Waals surface area contributed by atoms with Crippen LogP contribution >= 0.6 is 0 Å². The molecular weight excluding hydrogens is 378 g/mol. The summed E-state index contributed by atoms with van der Waals surface area (Å²) < 4.78 is 25.4. The molecule has 0 aromatic rings. The summed E-state index contributed by atoms with van der Waals surface area (Å²) in [6, 6.07) is -0.576. The van der Waals surface area contributed by atoms with Crippen LogP contribution in [-0.2, 0) is 19.6 Å². The van der Waals surface area contributed by atoms with E-state index in [0.717, 1.165) is 36.6 Å². The monoisotopic (exact) mass is 413 g/mol. The first-order valence-electron chi connectivity index (χ1n) is 10.9. The molecule has 4 atom stereocenters. The molecule has 3 aliphatic rings. The standard InChI is InChI=1S/C20H35N3O4S/c1-3-15(17(24)9-8-14-22-12-6-4-5-7-13-22)18-19-16(10-11-21-19)23(20(18)25)28(2,26)27/h15-16,18-19,21H,3-14H2,1-2H3/t15?,16-,18+,19-/m0/s1. The molecule has 1 unspecified atom stereocenters. The Morgan fingerprint density at radius 3 is 2.50 bits per heavy atom. The van der Waals surface area contributed by atoms with Gasteiger partial charge in [-0.3, -0.25) is 9.59 Å². The maximum Gasteiger partial charge on any atom is 0.241 e. The molecule has 0 aromatic heterocycles. The number of fused-ring (bicyclic) bond motifs is 1. The Balaban J connectivity index is 1.63. The molecule has 0 saturated carbocycles. The largest absolute Gasteiger partial charge is 0.311 e. The van der Waals surface area contributed by atoms with Crippen molar-refractivity contribution in [3.8, 4) is 0 Å². The average Bonchev–Trinajstić information content (AvgIpc) is 3.06. The summed E-state index contributed by atoms with van der Waals surface area (Å²) in [6.07, 6.45) is 8.62. The maximum absolute atomic E-state index is 13.0. The Hall–Kier alpha value is -0.990. The highest BCUT2D eigenvalue weighted by molar-refractivity contribution is 7.88. The summed E-state index contributed by atoms with van der Waals surface area (Å²) in [6.45, 7) is 5.77. The van der Waals surface area contributed by atoms with Gasteiger partial charge in [0.25, 0.3) is 0 Å². The molecule has 0 aromatic carbocycles. The SMILES string of the molecule is CCC(C(=O)CCCN1CCCCCC1)[C@H]1C(=O)N(S(C)(=O)=O)[C@H]2CCN[C@H]12. The third-order valence-electron chi connectivity index (χ3n) is 6.67. The molecule has 7 nitrogen and oxygen atoms in total. The molecule has 160 valence electrons. The van der Waals surface area contributed by atoms with Crippen molar-refractivity contribution in [2.75, 3.05) is 32.4 Å². The van der Waals surface area contributed by atoms with Crippen molar-refractivity contribution in [1.29, 1.82) is 0 Å². The van der Waals surface area contributed by atoms with Crippen molar-refractivity contribution in [3.05, 3.63) is 0 Å². The zero-order chi connectivity index (χ0) is 20.3. The van der Waals surface area contributed by atoms with E-state index in [4.69, 9.17) is 0 Å². The summed E-state index contributed by atoms with van der Waals surface area (Å²) in [5, 5.41) is 3.30. The highest BCUT2D eigenvalue weighted by atomic mass is 32.2. The van der Waals surface area contributed by atoms with Crippen molar-refractivity contribution in [2.45, 2.75) is 70.4 Å². The lowest BCUT2D eigenvalue weighted by molar-refractivity contribution is -0.135. The molecule has 3 rings (SSSR count). The fourth-order valence-electron chi connectivity index (χ4n) is 5.34. The Labute approximate surface area is 169 Å². The van der Waals surface area contributed by atoms with Gasteiger partial charge < -0.3 is 10.2 Å². The van der Waals surface area contributed by atoms with Gasteiger partial charge in [0.05, 0.1) is 18.2 Å². The van der Waals surface area contributed by atoms with Crippen LogP contribution in [0.4, 0.5) is 0 Å². The van der Waals surface area contributed by atoms with Gasteiger partial charge in [0.1, 0.15) is 5.78 Å². The number of rotatable bonds is 8. The van der Waals surface area contributed by atoms with Crippen molar-refractivity contribution in [3.63, 3.8) is 0 Å². The van der Waals surface area contributed by atoms with Crippen LogP contribution < -0.4 is 5.32 Å². The number of hydrogen-bond acceptors (Lipinski definition) is 6. The minimum Gasteiger partial charge on any atom is -0.311 e. The van der Waals surface area contributed by atoms with Crippen LogP contribution in [0.2, 0.25) is 0 Å². The van der Waals surface area contributed by atoms with Crippen molar-refractivity contribution in [1.82, 2.24) is 14.5 Å². The number of nitrogens with one attached hydrogen (secondary N) is 1. The second-order valence-electron chi connectivity index (χ2n) is 8.60. The van der Waals surface area contributed by atoms with Gasteiger partial charge in [-0.2, -0.15) is 0 Å². The molecule has 3 saturated heterocycles. The number of Topliss-reactive ketones (excluding diaryl/α,β-unsaturated/α-hetero) is 1. The molecule has 3 heterocycles. The lowest BCUT2D eigenvalue weighted by atomic mass is 9.80. The van der Waals surface area contributed by atoms with E-state index in [1.807, 2.05) is 6.92 Å². The minimum absolute atomic E-state index is 0.110. The fraction of sp³-hybridized carbons (Fsp3) is 0.900. The first kappa shape index (κ1) is 21.7. The average molecular weight is 414 g/mol. The Bertz CT molecular complexity index is 673.